The predicted molar refractivity (Wildman–Crippen MR) is 91.7 cm³/mol. The monoisotopic (exact) mass is 327 g/mol. The Morgan fingerprint density at radius 1 is 1.17 bits per heavy atom. The van der Waals surface area contributed by atoms with Crippen LogP contribution in [0.15, 0.2) is 48.7 Å². The standard InChI is InChI=1S/C17H18ClN5/c18-15-10-19-17-7-6-16(21-23(15)17)20-14-8-9-22(12-14)11-13-4-2-1-3-5-13/h1-7,10,14H,8-9,11-12H2,(H,20,21). The van der Waals surface area contributed by atoms with Gasteiger partial charge in [-0.1, -0.05) is 41.9 Å². The van der Waals surface area contributed by atoms with E-state index in [0.717, 1.165) is 37.5 Å². The van der Waals surface area contributed by atoms with Gasteiger partial charge in [0.2, 0.25) is 0 Å². The van der Waals surface area contributed by atoms with Crippen LogP contribution in [0.4, 0.5) is 5.82 Å². The van der Waals surface area contributed by atoms with Crippen molar-refractivity contribution in [2.45, 2.75) is 19.0 Å². The van der Waals surface area contributed by atoms with Crippen LogP contribution < -0.4 is 5.32 Å². The summed E-state index contributed by atoms with van der Waals surface area (Å²) in [6.45, 7) is 3.12. The lowest BCUT2D eigenvalue weighted by molar-refractivity contribution is 0.328. The third kappa shape index (κ3) is 3.16. The van der Waals surface area contributed by atoms with Gasteiger partial charge in [0.25, 0.3) is 0 Å². The zero-order valence-corrected chi connectivity index (χ0v) is 13.4. The van der Waals surface area contributed by atoms with Crippen LogP contribution in [0.3, 0.4) is 0 Å². The van der Waals surface area contributed by atoms with Crippen LogP contribution in [0.5, 0.6) is 0 Å². The van der Waals surface area contributed by atoms with Gasteiger partial charge >= 0.3 is 0 Å². The Labute approximate surface area is 139 Å². The molecule has 0 aliphatic carbocycles. The van der Waals surface area contributed by atoms with Crippen molar-refractivity contribution in [2.24, 2.45) is 0 Å². The first kappa shape index (κ1) is 14.5. The van der Waals surface area contributed by atoms with E-state index < -0.39 is 0 Å². The molecule has 118 valence electrons. The molecule has 0 amide bonds. The lowest BCUT2D eigenvalue weighted by atomic mass is 10.2. The second-order valence-electron chi connectivity index (χ2n) is 5.92. The predicted octanol–water partition coefficient (Wildman–Crippen LogP) is 3.07. The highest BCUT2D eigenvalue weighted by molar-refractivity contribution is 6.29. The van der Waals surface area contributed by atoms with Crippen molar-refractivity contribution in [3.8, 4) is 0 Å². The van der Waals surface area contributed by atoms with Crippen LogP contribution in [-0.4, -0.2) is 38.6 Å². The Kier molecular flexibility index (Phi) is 3.89. The smallest absolute Gasteiger partial charge is 0.155 e. The van der Waals surface area contributed by atoms with E-state index in [2.05, 4.69) is 50.6 Å². The second-order valence-corrected chi connectivity index (χ2v) is 6.31. The number of aromatic nitrogens is 3. The summed E-state index contributed by atoms with van der Waals surface area (Å²) >= 11 is 6.08. The summed E-state index contributed by atoms with van der Waals surface area (Å²) in [5.74, 6) is 0.837. The first-order valence-corrected chi connectivity index (χ1v) is 8.19. The zero-order valence-electron chi connectivity index (χ0n) is 12.7. The molecule has 1 saturated heterocycles. The normalized spacial score (nSPS) is 18.6. The van der Waals surface area contributed by atoms with Gasteiger partial charge in [-0.25, -0.2) is 9.50 Å². The van der Waals surface area contributed by atoms with Crippen LogP contribution in [0.25, 0.3) is 5.65 Å². The van der Waals surface area contributed by atoms with Crippen LogP contribution >= 0.6 is 11.6 Å². The number of imidazole rings is 1. The van der Waals surface area contributed by atoms with E-state index in [1.807, 2.05) is 12.1 Å². The fourth-order valence-electron chi connectivity index (χ4n) is 3.07. The largest absolute Gasteiger partial charge is 0.365 e. The van der Waals surface area contributed by atoms with Crippen molar-refractivity contribution >= 4 is 23.1 Å². The van der Waals surface area contributed by atoms with Gasteiger partial charge in [-0.05, 0) is 24.1 Å². The molecule has 3 heterocycles. The molecule has 6 heteroatoms. The second kappa shape index (κ2) is 6.18. The number of hydrogen-bond acceptors (Lipinski definition) is 4. The molecule has 1 unspecified atom stereocenters. The molecule has 4 rings (SSSR count). The summed E-state index contributed by atoms with van der Waals surface area (Å²) in [6.07, 6.45) is 2.73. The highest BCUT2D eigenvalue weighted by Crippen LogP contribution is 2.18. The number of anilines is 1. The maximum absolute atomic E-state index is 6.08. The highest BCUT2D eigenvalue weighted by atomic mass is 35.5. The third-order valence-electron chi connectivity index (χ3n) is 4.19. The Hall–Kier alpha value is -2.11. The summed E-state index contributed by atoms with van der Waals surface area (Å²) in [4.78, 5) is 6.65. The molecule has 1 N–H and O–H groups in total. The highest BCUT2D eigenvalue weighted by Gasteiger charge is 2.22. The van der Waals surface area contributed by atoms with Gasteiger partial charge in [0, 0.05) is 25.7 Å². The fourth-order valence-corrected chi connectivity index (χ4v) is 3.24. The number of likely N-dealkylation sites (tertiary alicyclic amines) is 1. The Morgan fingerprint density at radius 2 is 2.04 bits per heavy atom. The zero-order chi connectivity index (χ0) is 15.6. The summed E-state index contributed by atoms with van der Waals surface area (Å²) in [5.41, 5.74) is 2.12. The number of nitrogens with zero attached hydrogens (tertiary/aromatic N) is 4. The van der Waals surface area contributed by atoms with Crippen LogP contribution in [-0.2, 0) is 6.54 Å². The molecular weight excluding hydrogens is 310 g/mol. The maximum Gasteiger partial charge on any atom is 0.155 e. The topological polar surface area (TPSA) is 45.5 Å². The van der Waals surface area contributed by atoms with Gasteiger partial charge in [-0.3, -0.25) is 4.90 Å². The van der Waals surface area contributed by atoms with E-state index in [9.17, 15) is 0 Å². The van der Waals surface area contributed by atoms with Gasteiger partial charge in [-0.2, -0.15) is 0 Å². The Balaban J connectivity index is 1.40. The molecule has 1 fully saturated rings. The molecule has 23 heavy (non-hydrogen) atoms. The molecule has 1 aliphatic heterocycles. The summed E-state index contributed by atoms with van der Waals surface area (Å²) < 4.78 is 1.65. The SMILES string of the molecule is Clc1cnc2ccc(NC3CCN(Cc4ccccc4)C3)nn12. The fraction of sp³-hybridized carbons (Fsp3) is 0.294. The minimum absolute atomic E-state index is 0.408. The molecule has 3 aromatic rings. The first-order valence-electron chi connectivity index (χ1n) is 7.81. The number of benzene rings is 1. The number of nitrogens with one attached hydrogen (secondary N) is 1. The minimum atomic E-state index is 0.408. The summed E-state index contributed by atoms with van der Waals surface area (Å²) in [6, 6.07) is 14.9. The van der Waals surface area contributed by atoms with Crippen molar-refractivity contribution in [2.75, 3.05) is 18.4 Å². The van der Waals surface area contributed by atoms with E-state index in [0.29, 0.717) is 11.2 Å². The van der Waals surface area contributed by atoms with Gasteiger partial charge in [0.15, 0.2) is 10.8 Å². The molecule has 2 aromatic heterocycles. The molecule has 0 saturated carbocycles. The number of halogens is 1. The Morgan fingerprint density at radius 3 is 2.91 bits per heavy atom. The van der Waals surface area contributed by atoms with Crippen molar-refractivity contribution in [1.82, 2.24) is 19.5 Å². The Bertz CT molecular complexity index is 801. The van der Waals surface area contributed by atoms with E-state index in [-0.39, 0.29) is 0 Å². The van der Waals surface area contributed by atoms with Gasteiger partial charge in [-0.15, -0.1) is 5.10 Å². The summed E-state index contributed by atoms with van der Waals surface area (Å²) in [5, 5.41) is 8.53. The van der Waals surface area contributed by atoms with Gasteiger partial charge in [0.05, 0.1) is 6.20 Å². The average molecular weight is 328 g/mol. The third-order valence-corrected chi connectivity index (χ3v) is 4.45. The lowest BCUT2D eigenvalue weighted by Crippen LogP contribution is -2.26. The van der Waals surface area contributed by atoms with Crippen molar-refractivity contribution < 1.29 is 0 Å². The van der Waals surface area contributed by atoms with E-state index in [4.69, 9.17) is 11.6 Å². The molecule has 0 bridgehead atoms. The molecule has 1 aromatic carbocycles. The van der Waals surface area contributed by atoms with Gasteiger partial charge < -0.3 is 5.32 Å². The molecule has 0 spiro atoms. The van der Waals surface area contributed by atoms with Crippen LogP contribution in [0.2, 0.25) is 5.15 Å². The van der Waals surface area contributed by atoms with E-state index >= 15 is 0 Å². The number of rotatable bonds is 4. The molecule has 0 radical (unpaired) electrons. The number of fused-ring (bicyclic) bond motifs is 1. The quantitative estimate of drug-likeness (QED) is 0.800. The van der Waals surface area contributed by atoms with Crippen molar-refractivity contribution in [3.05, 3.63) is 59.4 Å². The molecule has 1 aliphatic rings. The van der Waals surface area contributed by atoms with E-state index in [1.165, 1.54) is 5.56 Å². The maximum atomic E-state index is 6.08. The summed E-state index contributed by atoms with van der Waals surface area (Å²) in [7, 11) is 0. The molecule has 1 atom stereocenters. The lowest BCUT2D eigenvalue weighted by Gasteiger charge is -2.17. The number of hydrogen-bond donors (Lipinski definition) is 1. The minimum Gasteiger partial charge on any atom is -0.365 e. The molecular formula is C17H18ClN5. The van der Waals surface area contributed by atoms with Crippen LogP contribution in [0, 0.1) is 0 Å². The van der Waals surface area contributed by atoms with Crippen molar-refractivity contribution in [3.63, 3.8) is 0 Å². The first-order chi connectivity index (χ1) is 11.3. The molecule has 5 nitrogen and oxygen atoms in total. The van der Waals surface area contributed by atoms with E-state index in [1.54, 1.807) is 10.7 Å². The average Bonchev–Trinajstić information content (AvgIpc) is 3.16. The van der Waals surface area contributed by atoms with Crippen LogP contribution in [0.1, 0.15) is 12.0 Å². The van der Waals surface area contributed by atoms with Crippen molar-refractivity contribution in [1.29, 1.82) is 0 Å². The van der Waals surface area contributed by atoms with Gasteiger partial charge in [0.1, 0.15) is 5.82 Å².